The van der Waals surface area contributed by atoms with Crippen molar-refractivity contribution in [3.05, 3.63) is 29.8 Å². The molecule has 0 bridgehead atoms. The Bertz CT molecular complexity index is 469. The molecule has 2 aliphatic heterocycles. The van der Waals surface area contributed by atoms with Gasteiger partial charge in [0.05, 0.1) is 0 Å². The van der Waals surface area contributed by atoms with Crippen molar-refractivity contribution in [2.45, 2.75) is 31.3 Å². The van der Waals surface area contributed by atoms with Crippen molar-refractivity contribution >= 4 is 11.6 Å². The number of anilines is 1. The van der Waals surface area contributed by atoms with Crippen LogP contribution in [0.3, 0.4) is 0 Å². The molecule has 2 atom stereocenters. The molecular weight excluding hydrogens is 240 g/mol. The maximum absolute atomic E-state index is 12.3. The monoisotopic (exact) mass is 260 g/mol. The Balaban J connectivity index is 1.65. The van der Waals surface area contributed by atoms with Crippen LogP contribution in [0.5, 0.6) is 0 Å². The lowest BCUT2D eigenvalue weighted by molar-refractivity contribution is -0.139. The summed E-state index contributed by atoms with van der Waals surface area (Å²) in [6, 6.07) is 7.99. The lowest BCUT2D eigenvalue weighted by Crippen LogP contribution is -2.37. The van der Waals surface area contributed by atoms with Crippen molar-refractivity contribution in [1.82, 2.24) is 4.90 Å². The van der Waals surface area contributed by atoms with Gasteiger partial charge >= 0.3 is 0 Å². The van der Waals surface area contributed by atoms with Crippen LogP contribution < -0.4 is 5.73 Å². The van der Waals surface area contributed by atoms with Crippen LogP contribution in [-0.4, -0.2) is 36.6 Å². The van der Waals surface area contributed by atoms with Gasteiger partial charge in [0, 0.05) is 31.3 Å². The molecular formula is C15H20N2O2. The van der Waals surface area contributed by atoms with Crippen molar-refractivity contribution < 1.29 is 9.53 Å². The van der Waals surface area contributed by atoms with Crippen molar-refractivity contribution in [2.75, 3.05) is 25.4 Å². The summed E-state index contributed by atoms with van der Waals surface area (Å²) in [6.07, 6.45) is 2.70. The fraction of sp³-hybridized carbons (Fsp3) is 0.533. The molecule has 3 rings (SSSR count). The van der Waals surface area contributed by atoms with Gasteiger partial charge in [0.2, 0.25) is 0 Å². The van der Waals surface area contributed by atoms with Crippen LogP contribution in [0, 0.1) is 0 Å². The molecule has 0 saturated carbocycles. The maximum atomic E-state index is 12.3. The number of rotatable bonds is 2. The third kappa shape index (κ3) is 2.59. The van der Waals surface area contributed by atoms with E-state index in [0.29, 0.717) is 5.92 Å². The van der Waals surface area contributed by atoms with Gasteiger partial charge in [-0.15, -0.1) is 0 Å². The van der Waals surface area contributed by atoms with Crippen molar-refractivity contribution in [3.8, 4) is 0 Å². The molecule has 0 spiro atoms. The van der Waals surface area contributed by atoms with Crippen molar-refractivity contribution in [1.29, 1.82) is 0 Å². The Morgan fingerprint density at radius 3 is 3.00 bits per heavy atom. The minimum atomic E-state index is -0.195. The zero-order valence-electron chi connectivity index (χ0n) is 11.0. The molecule has 102 valence electrons. The van der Waals surface area contributed by atoms with Crippen LogP contribution in [0.4, 0.5) is 5.69 Å². The first-order chi connectivity index (χ1) is 9.24. The number of carbonyl (C=O) groups is 1. The number of ether oxygens (including phenoxy) is 1. The zero-order chi connectivity index (χ0) is 13.2. The van der Waals surface area contributed by atoms with E-state index in [2.05, 4.69) is 6.07 Å². The highest BCUT2D eigenvalue weighted by Crippen LogP contribution is 2.29. The average Bonchev–Trinajstić information content (AvgIpc) is 3.10. The molecule has 2 N–H and O–H groups in total. The fourth-order valence-electron chi connectivity index (χ4n) is 3.02. The van der Waals surface area contributed by atoms with Crippen LogP contribution in [0.25, 0.3) is 0 Å². The van der Waals surface area contributed by atoms with Crippen LogP contribution in [0.15, 0.2) is 24.3 Å². The van der Waals surface area contributed by atoms with Crippen LogP contribution in [0.2, 0.25) is 0 Å². The SMILES string of the molecule is Nc1cccc(C2CCN(C(=O)C3CCCO3)C2)c1. The van der Waals surface area contributed by atoms with Crippen molar-refractivity contribution in [2.24, 2.45) is 0 Å². The minimum absolute atomic E-state index is 0.170. The normalized spacial score (nSPS) is 26.8. The number of benzene rings is 1. The second-order valence-electron chi connectivity index (χ2n) is 5.44. The number of likely N-dealkylation sites (tertiary alicyclic amines) is 1. The summed E-state index contributed by atoms with van der Waals surface area (Å²) in [7, 11) is 0. The molecule has 0 radical (unpaired) electrons. The molecule has 2 aliphatic rings. The van der Waals surface area contributed by atoms with E-state index >= 15 is 0 Å². The van der Waals surface area contributed by atoms with Crippen LogP contribution in [0.1, 0.15) is 30.7 Å². The summed E-state index contributed by atoms with van der Waals surface area (Å²) in [4.78, 5) is 14.2. The van der Waals surface area contributed by atoms with Crippen LogP contribution in [-0.2, 0) is 9.53 Å². The Morgan fingerprint density at radius 1 is 1.37 bits per heavy atom. The molecule has 2 heterocycles. The van der Waals surface area contributed by atoms with Gasteiger partial charge in [-0.25, -0.2) is 0 Å². The van der Waals surface area contributed by atoms with E-state index in [0.717, 1.165) is 44.6 Å². The lowest BCUT2D eigenvalue weighted by Gasteiger charge is -2.20. The molecule has 0 aliphatic carbocycles. The first kappa shape index (κ1) is 12.5. The van der Waals surface area contributed by atoms with Crippen LogP contribution >= 0.6 is 0 Å². The summed E-state index contributed by atoms with van der Waals surface area (Å²) >= 11 is 0. The number of hydrogen-bond donors (Lipinski definition) is 1. The highest BCUT2D eigenvalue weighted by atomic mass is 16.5. The second kappa shape index (κ2) is 5.21. The first-order valence-corrected chi connectivity index (χ1v) is 7.00. The molecule has 2 fully saturated rings. The Morgan fingerprint density at radius 2 is 2.26 bits per heavy atom. The number of amides is 1. The van der Waals surface area contributed by atoms with E-state index in [9.17, 15) is 4.79 Å². The lowest BCUT2D eigenvalue weighted by atomic mass is 9.98. The zero-order valence-corrected chi connectivity index (χ0v) is 11.0. The molecule has 1 aromatic carbocycles. The van der Waals surface area contributed by atoms with Gasteiger partial charge in [-0.05, 0) is 37.0 Å². The predicted octanol–water partition coefficient (Wildman–Crippen LogP) is 1.76. The molecule has 2 unspecified atom stereocenters. The number of nitrogens with zero attached hydrogens (tertiary/aromatic N) is 1. The third-order valence-electron chi connectivity index (χ3n) is 4.09. The van der Waals surface area contributed by atoms with E-state index < -0.39 is 0 Å². The fourth-order valence-corrected chi connectivity index (χ4v) is 3.02. The second-order valence-corrected chi connectivity index (χ2v) is 5.44. The topological polar surface area (TPSA) is 55.6 Å². The number of hydrogen-bond acceptors (Lipinski definition) is 3. The number of nitrogen functional groups attached to an aromatic ring is 1. The predicted molar refractivity (Wildman–Crippen MR) is 73.8 cm³/mol. The smallest absolute Gasteiger partial charge is 0.251 e. The van der Waals surface area contributed by atoms with E-state index in [4.69, 9.17) is 10.5 Å². The summed E-state index contributed by atoms with van der Waals surface area (Å²) in [6.45, 7) is 2.35. The molecule has 0 aromatic heterocycles. The molecule has 4 nitrogen and oxygen atoms in total. The molecule has 1 amide bonds. The molecule has 19 heavy (non-hydrogen) atoms. The molecule has 1 aromatic rings. The van der Waals surface area contributed by atoms with E-state index in [1.165, 1.54) is 5.56 Å². The summed E-state index contributed by atoms with van der Waals surface area (Å²) in [5, 5.41) is 0. The van der Waals surface area contributed by atoms with Gasteiger partial charge < -0.3 is 15.4 Å². The Hall–Kier alpha value is -1.55. The average molecular weight is 260 g/mol. The van der Waals surface area contributed by atoms with Gasteiger partial charge in [-0.2, -0.15) is 0 Å². The first-order valence-electron chi connectivity index (χ1n) is 7.00. The Kier molecular flexibility index (Phi) is 3.42. The standard InChI is InChI=1S/C15H20N2O2/c16-13-4-1-3-11(9-13)12-6-7-17(10-12)15(18)14-5-2-8-19-14/h1,3-4,9,12,14H,2,5-8,10,16H2. The number of carbonyl (C=O) groups excluding carboxylic acids is 1. The minimum Gasteiger partial charge on any atom is -0.399 e. The maximum Gasteiger partial charge on any atom is 0.251 e. The number of nitrogens with two attached hydrogens (primary N) is 1. The quantitative estimate of drug-likeness (QED) is 0.824. The summed E-state index contributed by atoms with van der Waals surface area (Å²) in [5.41, 5.74) is 7.85. The summed E-state index contributed by atoms with van der Waals surface area (Å²) in [5.74, 6) is 0.581. The van der Waals surface area contributed by atoms with Gasteiger partial charge in [-0.1, -0.05) is 12.1 Å². The third-order valence-corrected chi connectivity index (χ3v) is 4.09. The molecule has 4 heteroatoms. The van der Waals surface area contributed by atoms with E-state index in [1.54, 1.807) is 0 Å². The largest absolute Gasteiger partial charge is 0.399 e. The molecule has 2 saturated heterocycles. The van der Waals surface area contributed by atoms with Gasteiger partial charge in [-0.3, -0.25) is 4.79 Å². The Labute approximate surface area is 113 Å². The summed E-state index contributed by atoms with van der Waals surface area (Å²) < 4.78 is 5.48. The van der Waals surface area contributed by atoms with E-state index in [1.807, 2.05) is 23.1 Å². The van der Waals surface area contributed by atoms with E-state index in [-0.39, 0.29) is 12.0 Å². The van der Waals surface area contributed by atoms with Gasteiger partial charge in [0.25, 0.3) is 5.91 Å². The highest BCUT2D eigenvalue weighted by molar-refractivity contribution is 5.81. The van der Waals surface area contributed by atoms with Gasteiger partial charge in [0.15, 0.2) is 0 Å². The van der Waals surface area contributed by atoms with Crippen molar-refractivity contribution in [3.63, 3.8) is 0 Å². The highest BCUT2D eigenvalue weighted by Gasteiger charge is 2.33. The van der Waals surface area contributed by atoms with Gasteiger partial charge in [0.1, 0.15) is 6.10 Å².